The highest BCUT2D eigenvalue weighted by molar-refractivity contribution is 9.13. The van der Waals surface area contributed by atoms with E-state index in [0.717, 1.165) is 4.47 Å². The van der Waals surface area contributed by atoms with E-state index in [9.17, 15) is 9.59 Å². The highest BCUT2D eigenvalue weighted by Crippen LogP contribution is 2.29. The summed E-state index contributed by atoms with van der Waals surface area (Å²) >= 11 is 6.51. The minimum Gasteiger partial charge on any atom is -0.298 e. The van der Waals surface area contributed by atoms with Crippen molar-refractivity contribution in [3.63, 3.8) is 0 Å². The largest absolute Gasteiger partial charge is 0.298 e. The van der Waals surface area contributed by atoms with Crippen LogP contribution in [0.15, 0.2) is 21.1 Å². The number of carbonyl (C=O) groups excluding carboxylic acids is 2. The van der Waals surface area contributed by atoms with Crippen LogP contribution in [0.1, 0.15) is 27.6 Å². The van der Waals surface area contributed by atoms with Gasteiger partial charge in [0.05, 0.1) is 0 Å². The smallest absolute Gasteiger partial charge is 0.161 e. The number of ketones is 1. The fraction of sp³-hybridized carbons (Fsp3) is 0.111. The zero-order valence-electron chi connectivity index (χ0n) is 6.80. The van der Waals surface area contributed by atoms with E-state index >= 15 is 0 Å². The predicted octanol–water partition coefficient (Wildman–Crippen LogP) is 3.23. The van der Waals surface area contributed by atoms with Gasteiger partial charge < -0.3 is 0 Å². The van der Waals surface area contributed by atoms with E-state index in [2.05, 4.69) is 31.9 Å². The molecule has 0 atom stereocenters. The third-order valence-corrected chi connectivity index (χ3v) is 3.62. The fourth-order valence-corrected chi connectivity index (χ4v) is 1.99. The minimum atomic E-state index is -0.129. The molecule has 1 aromatic carbocycles. The summed E-state index contributed by atoms with van der Waals surface area (Å²) in [4.78, 5) is 21.8. The van der Waals surface area contributed by atoms with Crippen LogP contribution in [0.3, 0.4) is 0 Å². The summed E-state index contributed by atoms with van der Waals surface area (Å²) in [6.07, 6.45) is 0.675. The van der Waals surface area contributed by atoms with E-state index in [1.807, 2.05) is 0 Å². The molecule has 1 aromatic rings. The monoisotopic (exact) mass is 304 g/mol. The Hall–Kier alpha value is -0.480. The van der Waals surface area contributed by atoms with Crippen molar-refractivity contribution < 1.29 is 9.59 Å². The fourth-order valence-electron chi connectivity index (χ4n) is 1.02. The van der Waals surface area contributed by atoms with Gasteiger partial charge in [0.1, 0.15) is 0 Å². The Labute approximate surface area is 92.6 Å². The quantitative estimate of drug-likeness (QED) is 0.621. The van der Waals surface area contributed by atoms with Crippen LogP contribution < -0.4 is 0 Å². The third-order valence-electron chi connectivity index (χ3n) is 1.61. The van der Waals surface area contributed by atoms with Crippen molar-refractivity contribution in [2.45, 2.75) is 6.92 Å². The van der Waals surface area contributed by atoms with Gasteiger partial charge in [0, 0.05) is 20.1 Å². The Morgan fingerprint density at radius 2 is 2.00 bits per heavy atom. The molecule has 0 heterocycles. The number of hydrogen-bond acceptors (Lipinski definition) is 2. The van der Waals surface area contributed by atoms with E-state index in [1.54, 1.807) is 12.1 Å². The van der Waals surface area contributed by atoms with Gasteiger partial charge in [-0.1, -0.05) is 0 Å². The van der Waals surface area contributed by atoms with Crippen LogP contribution in [0.4, 0.5) is 0 Å². The lowest BCUT2D eigenvalue weighted by molar-refractivity contribution is 0.100. The lowest BCUT2D eigenvalue weighted by atomic mass is 10.1. The second-order valence-electron chi connectivity index (χ2n) is 2.50. The zero-order chi connectivity index (χ0) is 10.0. The van der Waals surface area contributed by atoms with Gasteiger partial charge in [0.15, 0.2) is 12.1 Å². The first kappa shape index (κ1) is 10.6. The summed E-state index contributed by atoms with van der Waals surface area (Å²) < 4.78 is 1.40. The Kier molecular flexibility index (Phi) is 3.39. The number of Topliss-reactive ketones (excluding diaryl/α,β-unsaturated/α-hetero) is 1. The van der Waals surface area contributed by atoms with Crippen molar-refractivity contribution in [3.8, 4) is 0 Å². The summed E-state index contributed by atoms with van der Waals surface area (Å²) in [7, 11) is 0. The summed E-state index contributed by atoms with van der Waals surface area (Å²) in [5.41, 5.74) is 0.826. The van der Waals surface area contributed by atoms with Crippen molar-refractivity contribution in [2.24, 2.45) is 0 Å². The van der Waals surface area contributed by atoms with E-state index in [-0.39, 0.29) is 5.78 Å². The lowest BCUT2D eigenvalue weighted by Gasteiger charge is -2.04. The molecule has 0 saturated heterocycles. The first-order chi connectivity index (χ1) is 6.07. The van der Waals surface area contributed by atoms with Crippen LogP contribution in [0.25, 0.3) is 0 Å². The average Bonchev–Trinajstić information content (AvgIpc) is 2.08. The standard InChI is InChI=1S/C9H6Br2O2/c1-5(13)8-6(4-12)2-3-7(10)9(8)11/h2-4H,1H3. The Balaban J connectivity index is 3.50. The van der Waals surface area contributed by atoms with Gasteiger partial charge in [-0.3, -0.25) is 9.59 Å². The van der Waals surface area contributed by atoms with E-state index in [0.29, 0.717) is 21.9 Å². The average molecular weight is 306 g/mol. The van der Waals surface area contributed by atoms with Crippen molar-refractivity contribution in [1.29, 1.82) is 0 Å². The normalized spacial score (nSPS) is 9.77. The van der Waals surface area contributed by atoms with Gasteiger partial charge in [-0.05, 0) is 50.9 Å². The molecule has 0 bridgehead atoms. The van der Waals surface area contributed by atoms with Crippen LogP contribution in [0, 0.1) is 0 Å². The van der Waals surface area contributed by atoms with Crippen LogP contribution in [-0.4, -0.2) is 12.1 Å². The molecular weight excluding hydrogens is 300 g/mol. The minimum absolute atomic E-state index is 0.129. The van der Waals surface area contributed by atoms with Gasteiger partial charge in [-0.25, -0.2) is 0 Å². The van der Waals surface area contributed by atoms with Gasteiger partial charge in [0.2, 0.25) is 0 Å². The number of carbonyl (C=O) groups is 2. The number of aldehydes is 1. The lowest BCUT2D eigenvalue weighted by Crippen LogP contribution is -2.00. The highest BCUT2D eigenvalue weighted by Gasteiger charge is 2.13. The third kappa shape index (κ3) is 2.06. The van der Waals surface area contributed by atoms with Crippen molar-refractivity contribution in [1.82, 2.24) is 0 Å². The molecule has 0 amide bonds. The molecule has 0 aliphatic carbocycles. The van der Waals surface area contributed by atoms with Crippen molar-refractivity contribution in [3.05, 3.63) is 32.2 Å². The number of benzene rings is 1. The number of halogens is 2. The molecule has 13 heavy (non-hydrogen) atoms. The highest BCUT2D eigenvalue weighted by atomic mass is 79.9. The Morgan fingerprint density at radius 3 is 2.46 bits per heavy atom. The van der Waals surface area contributed by atoms with E-state index < -0.39 is 0 Å². The Bertz CT molecular complexity index is 372. The molecule has 1 rings (SSSR count). The SMILES string of the molecule is CC(=O)c1c(C=O)ccc(Br)c1Br. The maximum Gasteiger partial charge on any atom is 0.161 e. The molecule has 0 saturated carbocycles. The molecule has 0 aliphatic heterocycles. The van der Waals surface area contributed by atoms with Crippen LogP contribution in [0.5, 0.6) is 0 Å². The summed E-state index contributed by atoms with van der Waals surface area (Å²) in [5.74, 6) is -0.129. The van der Waals surface area contributed by atoms with E-state index in [1.165, 1.54) is 6.92 Å². The Morgan fingerprint density at radius 1 is 1.38 bits per heavy atom. The van der Waals surface area contributed by atoms with Gasteiger partial charge in [-0.15, -0.1) is 0 Å². The van der Waals surface area contributed by atoms with Gasteiger partial charge in [0.25, 0.3) is 0 Å². The zero-order valence-corrected chi connectivity index (χ0v) is 9.98. The molecule has 0 N–H and O–H groups in total. The molecule has 0 aromatic heterocycles. The second kappa shape index (κ2) is 4.15. The molecule has 4 heteroatoms. The second-order valence-corrected chi connectivity index (χ2v) is 4.15. The van der Waals surface area contributed by atoms with Gasteiger partial charge >= 0.3 is 0 Å². The molecular formula is C9H6Br2O2. The summed E-state index contributed by atoms with van der Waals surface area (Å²) in [5, 5.41) is 0. The van der Waals surface area contributed by atoms with Crippen LogP contribution in [0.2, 0.25) is 0 Å². The molecule has 2 nitrogen and oxygen atoms in total. The summed E-state index contributed by atoms with van der Waals surface area (Å²) in [6, 6.07) is 3.33. The predicted molar refractivity (Wildman–Crippen MR) is 57.2 cm³/mol. The first-order valence-corrected chi connectivity index (χ1v) is 5.10. The van der Waals surface area contributed by atoms with Crippen molar-refractivity contribution in [2.75, 3.05) is 0 Å². The number of rotatable bonds is 2. The van der Waals surface area contributed by atoms with E-state index in [4.69, 9.17) is 0 Å². The maximum atomic E-state index is 11.2. The molecule has 0 aliphatic rings. The van der Waals surface area contributed by atoms with Crippen LogP contribution >= 0.6 is 31.9 Å². The van der Waals surface area contributed by atoms with Gasteiger partial charge in [-0.2, -0.15) is 0 Å². The first-order valence-electron chi connectivity index (χ1n) is 3.52. The van der Waals surface area contributed by atoms with Crippen LogP contribution in [-0.2, 0) is 0 Å². The summed E-state index contributed by atoms with van der Waals surface area (Å²) in [6.45, 7) is 1.43. The molecule has 0 fully saturated rings. The molecule has 0 unspecified atom stereocenters. The topological polar surface area (TPSA) is 34.1 Å². The number of hydrogen-bond donors (Lipinski definition) is 0. The molecule has 0 spiro atoms. The van der Waals surface area contributed by atoms with Crippen molar-refractivity contribution >= 4 is 43.9 Å². The molecule has 0 radical (unpaired) electrons. The molecule has 68 valence electrons. The maximum absolute atomic E-state index is 11.2.